The Labute approximate surface area is 158 Å². The number of hydrogen-bond donors (Lipinski definition) is 1. The molecule has 0 bridgehead atoms. The Morgan fingerprint density at radius 2 is 1.81 bits per heavy atom. The van der Waals surface area contributed by atoms with Crippen molar-refractivity contribution < 1.29 is 14.4 Å². The minimum atomic E-state index is -0.606. The third-order valence-electron chi connectivity index (χ3n) is 5.48. The van der Waals surface area contributed by atoms with Crippen LogP contribution in [0.2, 0.25) is 0 Å². The third kappa shape index (κ3) is 3.05. The van der Waals surface area contributed by atoms with Crippen molar-refractivity contribution in [1.29, 1.82) is 0 Å². The highest BCUT2D eigenvalue weighted by molar-refractivity contribution is 6.01. The van der Waals surface area contributed by atoms with Gasteiger partial charge in [-0.05, 0) is 28.8 Å². The maximum absolute atomic E-state index is 13.0. The summed E-state index contributed by atoms with van der Waals surface area (Å²) in [7, 11) is 0. The van der Waals surface area contributed by atoms with Crippen molar-refractivity contribution in [3.63, 3.8) is 0 Å². The number of hydrogen-bond acceptors (Lipinski definition) is 3. The molecule has 6 nitrogen and oxygen atoms in total. The number of rotatable bonds is 2. The third-order valence-corrected chi connectivity index (χ3v) is 5.48. The molecule has 0 unspecified atom stereocenters. The van der Waals surface area contributed by atoms with Crippen molar-refractivity contribution in [1.82, 2.24) is 15.1 Å². The van der Waals surface area contributed by atoms with Gasteiger partial charge in [-0.1, -0.05) is 44.2 Å². The van der Waals surface area contributed by atoms with Gasteiger partial charge in [-0.2, -0.15) is 0 Å². The molecule has 2 heterocycles. The Morgan fingerprint density at radius 3 is 2.56 bits per heavy atom. The predicted molar refractivity (Wildman–Crippen MR) is 102 cm³/mol. The van der Waals surface area contributed by atoms with Crippen LogP contribution in [0.1, 0.15) is 24.2 Å². The van der Waals surface area contributed by atoms with Crippen molar-refractivity contribution in [2.75, 3.05) is 19.6 Å². The van der Waals surface area contributed by atoms with Gasteiger partial charge in [-0.15, -0.1) is 0 Å². The number of carbonyl (C=O) groups is 3. The minimum Gasteiger partial charge on any atom is -0.342 e. The number of piperazine rings is 2. The molecule has 0 aromatic heterocycles. The second kappa shape index (κ2) is 6.68. The molecule has 2 aromatic rings. The fourth-order valence-electron chi connectivity index (χ4n) is 3.90. The number of carbonyl (C=O) groups excluding carboxylic acids is 3. The number of nitrogens with one attached hydrogen (secondary N) is 1. The summed E-state index contributed by atoms with van der Waals surface area (Å²) >= 11 is 0. The molecular formula is C21H23N3O3. The van der Waals surface area contributed by atoms with Gasteiger partial charge in [-0.25, -0.2) is 0 Å². The molecule has 4 rings (SSSR count). The molecule has 1 N–H and O–H groups in total. The van der Waals surface area contributed by atoms with Crippen LogP contribution in [0, 0.1) is 5.92 Å². The minimum absolute atomic E-state index is 0.0414. The summed E-state index contributed by atoms with van der Waals surface area (Å²) in [4.78, 5) is 41.4. The van der Waals surface area contributed by atoms with Gasteiger partial charge in [-0.3, -0.25) is 14.4 Å². The molecule has 2 aliphatic heterocycles. The Balaban J connectivity index is 1.54. The number of nitrogens with zero attached hydrogens (tertiary/aromatic N) is 2. The molecule has 2 aromatic carbocycles. The lowest BCUT2D eigenvalue weighted by Crippen LogP contribution is -2.70. The van der Waals surface area contributed by atoms with Crippen LogP contribution in [0.5, 0.6) is 0 Å². The van der Waals surface area contributed by atoms with Gasteiger partial charge >= 0.3 is 0 Å². The zero-order valence-corrected chi connectivity index (χ0v) is 15.5. The standard InChI is InChI=1S/C21H23N3O3/c1-13(2)18-21(27)24-10-9-23(12-17(24)19(25)22-18)20(26)16-8-7-14-5-3-4-6-15(14)11-16/h3-8,11,13,17-18H,9-10,12H2,1-2H3,(H,22,25)/t17-,18-/m1/s1. The Morgan fingerprint density at radius 1 is 1.07 bits per heavy atom. The first-order valence-electron chi connectivity index (χ1n) is 9.34. The van der Waals surface area contributed by atoms with Crippen LogP contribution in [-0.2, 0) is 9.59 Å². The second-order valence-electron chi connectivity index (χ2n) is 7.59. The van der Waals surface area contributed by atoms with E-state index < -0.39 is 12.1 Å². The topological polar surface area (TPSA) is 69.7 Å². The van der Waals surface area contributed by atoms with Crippen LogP contribution in [0.25, 0.3) is 10.8 Å². The molecule has 2 fully saturated rings. The zero-order valence-electron chi connectivity index (χ0n) is 15.5. The largest absolute Gasteiger partial charge is 0.342 e. The van der Waals surface area contributed by atoms with Crippen molar-refractivity contribution in [2.45, 2.75) is 25.9 Å². The van der Waals surface area contributed by atoms with E-state index in [1.165, 1.54) is 0 Å². The molecule has 0 aliphatic carbocycles. The number of benzene rings is 2. The van der Waals surface area contributed by atoms with E-state index in [-0.39, 0.29) is 30.2 Å². The average Bonchev–Trinajstić information content (AvgIpc) is 2.69. The summed E-state index contributed by atoms with van der Waals surface area (Å²) in [6.07, 6.45) is 0. The van der Waals surface area contributed by atoms with Crippen molar-refractivity contribution in [3.8, 4) is 0 Å². The highest BCUT2D eigenvalue weighted by Crippen LogP contribution is 2.22. The zero-order chi connectivity index (χ0) is 19.1. The molecule has 2 atom stereocenters. The van der Waals surface area contributed by atoms with E-state index in [4.69, 9.17) is 0 Å². The second-order valence-corrected chi connectivity index (χ2v) is 7.59. The molecule has 140 valence electrons. The molecule has 2 saturated heterocycles. The van der Waals surface area contributed by atoms with E-state index in [1.807, 2.05) is 56.3 Å². The van der Waals surface area contributed by atoms with E-state index in [1.54, 1.807) is 9.80 Å². The predicted octanol–water partition coefficient (Wildman–Crippen LogP) is 1.65. The molecule has 27 heavy (non-hydrogen) atoms. The lowest BCUT2D eigenvalue weighted by Gasteiger charge is -2.46. The Hall–Kier alpha value is -2.89. The maximum Gasteiger partial charge on any atom is 0.254 e. The Kier molecular flexibility index (Phi) is 4.34. The Bertz CT molecular complexity index is 924. The number of amides is 3. The first-order valence-corrected chi connectivity index (χ1v) is 9.34. The quantitative estimate of drug-likeness (QED) is 0.880. The first-order chi connectivity index (χ1) is 13.0. The summed E-state index contributed by atoms with van der Waals surface area (Å²) in [6.45, 7) is 4.89. The molecule has 6 heteroatoms. The smallest absolute Gasteiger partial charge is 0.254 e. The van der Waals surface area contributed by atoms with Gasteiger partial charge < -0.3 is 15.1 Å². The van der Waals surface area contributed by atoms with Crippen molar-refractivity contribution in [2.24, 2.45) is 5.92 Å². The normalized spacial score (nSPS) is 22.8. The van der Waals surface area contributed by atoms with Crippen LogP contribution in [0.4, 0.5) is 0 Å². The van der Waals surface area contributed by atoms with Gasteiger partial charge in [0.25, 0.3) is 5.91 Å². The SMILES string of the molecule is CC(C)[C@H]1NC(=O)[C@H]2CN(C(=O)c3ccc4ccccc4c3)CCN2C1=O. The van der Waals surface area contributed by atoms with Gasteiger partial charge in [0.1, 0.15) is 12.1 Å². The molecule has 0 spiro atoms. The van der Waals surface area contributed by atoms with E-state index >= 15 is 0 Å². The maximum atomic E-state index is 13.0. The molecular weight excluding hydrogens is 342 g/mol. The van der Waals surface area contributed by atoms with Gasteiger partial charge in [0.15, 0.2) is 0 Å². The van der Waals surface area contributed by atoms with E-state index in [0.29, 0.717) is 18.7 Å². The molecule has 0 saturated carbocycles. The lowest BCUT2D eigenvalue weighted by atomic mass is 9.96. The molecule has 0 radical (unpaired) electrons. The van der Waals surface area contributed by atoms with E-state index in [9.17, 15) is 14.4 Å². The van der Waals surface area contributed by atoms with Gasteiger partial charge in [0, 0.05) is 18.7 Å². The van der Waals surface area contributed by atoms with Gasteiger partial charge in [0.2, 0.25) is 11.8 Å². The van der Waals surface area contributed by atoms with Crippen molar-refractivity contribution >= 4 is 28.5 Å². The van der Waals surface area contributed by atoms with Crippen LogP contribution in [0.15, 0.2) is 42.5 Å². The lowest BCUT2D eigenvalue weighted by molar-refractivity contribution is -0.153. The number of fused-ring (bicyclic) bond motifs is 2. The van der Waals surface area contributed by atoms with Crippen LogP contribution in [0.3, 0.4) is 0 Å². The highest BCUT2D eigenvalue weighted by Gasteiger charge is 2.45. The molecule has 3 amide bonds. The monoisotopic (exact) mass is 365 g/mol. The van der Waals surface area contributed by atoms with Crippen LogP contribution >= 0.6 is 0 Å². The summed E-state index contributed by atoms with van der Waals surface area (Å²) in [5, 5.41) is 4.91. The van der Waals surface area contributed by atoms with E-state index in [0.717, 1.165) is 10.8 Å². The first kappa shape index (κ1) is 17.5. The van der Waals surface area contributed by atoms with Crippen LogP contribution < -0.4 is 5.32 Å². The fourth-order valence-corrected chi connectivity index (χ4v) is 3.90. The summed E-state index contributed by atoms with van der Waals surface area (Å²) < 4.78 is 0. The van der Waals surface area contributed by atoms with E-state index in [2.05, 4.69) is 5.32 Å². The van der Waals surface area contributed by atoms with Crippen LogP contribution in [-0.4, -0.2) is 59.2 Å². The van der Waals surface area contributed by atoms with Crippen molar-refractivity contribution in [3.05, 3.63) is 48.0 Å². The highest BCUT2D eigenvalue weighted by atomic mass is 16.2. The summed E-state index contributed by atoms with van der Waals surface area (Å²) in [6, 6.07) is 12.4. The fraction of sp³-hybridized carbons (Fsp3) is 0.381. The summed E-state index contributed by atoms with van der Waals surface area (Å²) in [5.74, 6) is -0.289. The average molecular weight is 365 g/mol. The molecule has 2 aliphatic rings. The van der Waals surface area contributed by atoms with Gasteiger partial charge in [0.05, 0.1) is 6.54 Å². The summed E-state index contributed by atoms with van der Waals surface area (Å²) in [5.41, 5.74) is 0.602.